The van der Waals surface area contributed by atoms with Gasteiger partial charge in [-0.1, -0.05) is 6.07 Å². The topological polar surface area (TPSA) is 86.4 Å². The Morgan fingerprint density at radius 1 is 1.26 bits per heavy atom. The standard InChI is InChI=1S/C28H32N2O5/c1-29(23(32)7-4-18-9-13-34-16-18)20-8-10-28(33)22-14-19-5-6-21(31)25-24(19)27(28,26(20)35-25)11-12-30(22)15-17-2-3-17/h4-7,9,13,16-17,20,22,26,31,33H,2-3,8,10-12,14-15H2,1H3/b7-4+/t20-,22+,26-,27?,28+/m0/s1. The average molecular weight is 477 g/mol. The number of phenolic OH excluding ortho intramolecular Hbond substituents is 1. The van der Waals surface area contributed by atoms with E-state index in [0.29, 0.717) is 18.6 Å². The molecule has 1 aromatic heterocycles. The van der Waals surface area contributed by atoms with Crippen molar-refractivity contribution < 1.29 is 24.2 Å². The summed E-state index contributed by atoms with van der Waals surface area (Å²) in [6, 6.07) is 5.38. The van der Waals surface area contributed by atoms with Gasteiger partial charge in [-0.3, -0.25) is 9.69 Å². The smallest absolute Gasteiger partial charge is 0.246 e. The van der Waals surface area contributed by atoms with Crippen LogP contribution in [0.4, 0.5) is 0 Å². The monoisotopic (exact) mass is 476 g/mol. The van der Waals surface area contributed by atoms with Gasteiger partial charge in [0.1, 0.15) is 6.10 Å². The lowest BCUT2D eigenvalue weighted by Gasteiger charge is -2.64. The van der Waals surface area contributed by atoms with E-state index in [-0.39, 0.29) is 23.7 Å². The lowest BCUT2D eigenvalue weighted by molar-refractivity contribution is -0.200. The van der Waals surface area contributed by atoms with Crippen LogP contribution >= 0.6 is 0 Å². The fraction of sp³-hybridized carbons (Fsp3) is 0.536. The number of carbonyl (C=O) groups is 1. The van der Waals surface area contributed by atoms with Crippen molar-refractivity contribution >= 4 is 12.0 Å². The summed E-state index contributed by atoms with van der Waals surface area (Å²) in [7, 11) is 1.82. The van der Waals surface area contributed by atoms with Crippen LogP contribution in [0.25, 0.3) is 6.08 Å². The fourth-order valence-corrected chi connectivity index (χ4v) is 7.67. The molecule has 184 valence electrons. The number of benzene rings is 1. The number of aliphatic hydroxyl groups is 1. The largest absolute Gasteiger partial charge is 0.504 e. The molecule has 2 aliphatic heterocycles. The third-order valence-electron chi connectivity index (χ3n) is 9.54. The number of likely N-dealkylation sites (N-methyl/N-ethyl adjacent to an activating group) is 1. The molecule has 7 heteroatoms. The van der Waals surface area contributed by atoms with Crippen LogP contribution in [0.3, 0.4) is 0 Å². The highest BCUT2D eigenvalue weighted by Gasteiger charge is 2.73. The van der Waals surface area contributed by atoms with Crippen LogP contribution in [0.2, 0.25) is 0 Å². The summed E-state index contributed by atoms with van der Waals surface area (Å²) in [5.74, 6) is 1.28. The van der Waals surface area contributed by atoms with Gasteiger partial charge in [-0.25, -0.2) is 0 Å². The number of hydrogen-bond acceptors (Lipinski definition) is 6. The highest BCUT2D eigenvalue weighted by atomic mass is 16.5. The Hall–Kier alpha value is -2.77. The third-order valence-corrected chi connectivity index (χ3v) is 9.54. The number of ether oxygens (including phenoxy) is 1. The number of amides is 1. The second kappa shape index (κ2) is 7.37. The molecule has 1 spiro atoms. The van der Waals surface area contributed by atoms with Crippen molar-refractivity contribution in [3.8, 4) is 11.5 Å². The molecule has 0 radical (unpaired) electrons. The second-order valence-corrected chi connectivity index (χ2v) is 11.2. The summed E-state index contributed by atoms with van der Waals surface area (Å²) in [6.45, 7) is 1.96. The number of nitrogens with zero attached hydrogens (tertiary/aromatic N) is 2. The first-order chi connectivity index (χ1) is 16.9. The minimum absolute atomic E-state index is 0.0360. The Kier molecular flexibility index (Phi) is 4.53. The normalized spacial score (nSPS) is 35.1. The highest BCUT2D eigenvalue weighted by Crippen LogP contribution is 2.66. The predicted octanol–water partition coefficient (Wildman–Crippen LogP) is 3.09. The van der Waals surface area contributed by atoms with Gasteiger partial charge in [0, 0.05) is 36.8 Å². The molecule has 7 nitrogen and oxygen atoms in total. The van der Waals surface area contributed by atoms with Gasteiger partial charge in [0.05, 0.1) is 29.6 Å². The van der Waals surface area contributed by atoms with Crippen molar-refractivity contribution in [2.75, 3.05) is 20.1 Å². The van der Waals surface area contributed by atoms with Crippen molar-refractivity contribution in [2.24, 2.45) is 5.92 Å². The zero-order valence-corrected chi connectivity index (χ0v) is 20.0. The molecule has 1 amide bonds. The van der Waals surface area contributed by atoms with E-state index in [1.807, 2.05) is 19.2 Å². The number of furan rings is 1. The minimum Gasteiger partial charge on any atom is -0.504 e. The molecule has 3 aliphatic carbocycles. The van der Waals surface area contributed by atoms with Gasteiger partial charge in [-0.05, 0) is 74.8 Å². The summed E-state index contributed by atoms with van der Waals surface area (Å²) < 4.78 is 11.7. The fourth-order valence-electron chi connectivity index (χ4n) is 7.67. The van der Waals surface area contributed by atoms with Gasteiger partial charge in [0.15, 0.2) is 11.5 Å². The number of hydrogen-bond donors (Lipinski definition) is 2. The average Bonchev–Trinajstić information content (AvgIpc) is 3.36. The number of phenols is 1. The second-order valence-electron chi connectivity index (χ2n) is 11.2. The van der Waals surface area contributed by atoms with Crippen molar-refractivity contribution in [2.45, 2.75) is 67.7 Å². The molecule has 1 saturated heterocycles. The van der Waals surface area contributed by atoms with Crippen molar-refractivity contribution in [1.29, 1.82) is 0 Å². The Morgan fingerprint density at radius 3 is 2.89 bits per heavy atom. The van der Waals surface area contributed by atoms with Gasteiger partial charge in [-0.2, -0.15) is 0 Å². The molecule has 3 heterocycles. The van der Waals surface area contributed by atoms with Crippen LogP contribution in [0.1, 0.15) is 48.8 Å². The van der Waals surface area contributed by atoms with E-state index < -0.39 is 17.1 Å². The molecule has 5 atom stereocenters. The van der Waals surface area contributed by atoms with Crippen LogP contribution in [0, 0.1) is 5.92 Å². The molecule has 5 aliphatic rings. The van der Waals surface area contributed by atoms with Gasteiger partial charge < -0.3 is 24.3 Å². The van der Waals surface area contributed by atoms with E-state index in [1.165, 1.54) is 18.4 Å². The predicted molar refractivity (Wildman–Crippen MR) is 129 cm³/mol. The van der Waals surface area contributed by atoms with E-state index in [2.05, 4.69) is 4.90 Å². The SMILES string of the molecule is CN(C(=O)/C=C/c1ccoc1)[C@H]1CC[C@@]2(O)[C@H]3Cc4ccc(O)c5c4C2(CCN3CC2CC2)[C@H]1O5. The summed E-state index contributed by atoms with van der Waals surface area (Å²) in [5, 5.41) is 23.3. The maximum absolute atomic E-state index is 13.2. The molecule has 3 fully saturated rings. The Bertz CT molecular complexity index is 1200. The van der Waals surface area contributed by atoms with Crippen molar-refractivity contribution in [3.63, 3.8) is 0 Å². The Balaban J connectivity index is 1.28. The number of aromatic hydroxyl groups is 1. The molecule has 1 aromatic carbocycles. The maximum Gasteiger partial charge on any atom is 0.246 e. The number of rotatable bonds is 5. The lowest BCUT2D eigenvalue weighted by atomic mass is 9.48. The quantitative estimate of drug-likeness (QED) is 0.645. The molecule has 1 unspecified atom stereocenters. The van der Waals surface area contributed by atoms with Crippen molar-refractivity contribution in [3.05, 3.63) is 53.5 Å². The summed E-state index contributed by atoms with van der Waals surface area (Å²) in [5.41, 5.74) is 1.44. The summed E-state index contributed by atoms with van der Waals surface area (Å²) in [6.07, 6.45) is 11.5. The van der Waals surface area contributed by atoms with E-state index in [4.69, 9.17) is 9.15 Å². The van der Waals surface area contributed by atoms with Crippen LogP contribution in [-0.2, 0) is 16.6 Å². The number of likely N-dealkylation sites (tertiary alicyclic amines) is 1. The highest BCUT2D eigenvalue weighted by molar-refractivity contribution is 5.91. The first-order valence-electron chi connectivity index (χ1n) is 12.9. The first-order valence-corrected chi connectivity index (χ1v) is 12.9. The molecule has 2 bridgehead atoms. The Morgan fingerprint density at radius 2 is 2.11 bits per heavy atom. The molecule has 7 rings (SSSR count). The van der Waals surface area contributed by atoms with Gasteiger partial charge in [-0.15, -0.1) is 0 Å². The van der Waals surface area contributed by atoms with E-state index in [0.717, 1.165) is 43.0 Å². The van der Waals surface area contributed by atoms with Gasteiger partial charge in [0.25, 0.3) is 0 Å². The molecular formula is C28H32N2O5. The molecule has 2 N–H and O–H groups in total. The first kappa shape index (κ1) is 21.5. The van der Waals surface area contributed by atoms with Gasteiger partial charge >= 0.3 is 0 Å². The van der Waals surface area contributed by atoms with E-state index in [1.54, 1.807) is 35.6 Å². The third kappa shape index (κ3) is 2.88. The molecule has 2 saturated carbocycles. The molecule has 35 heavy (non-hydrogen) atoms. The van der Waals surface area contributed by atoms with Crippen LogP contribution < -0.4 is 4.74 Å². The summed E-state index contributed by atoms with van der Waals surface area (Å²) in [4.78, 5) is 17.5. The molecular weight excluding hydrogens is 444 g/mol. The van der Waals surface area contributed by atoms with Gasteiger partial charge in [0.2, 0.25) is 5.91 Å². The van der Waals surface area contributed by atoms with E-state index >= 15 is 0 Å². The zero-order chi connectivity index (χ0) is 23.9. The van der Waals surface area contributed by atoms with Crippen LogP contribution in [0.5, 0.6) is 11.5 Å². The minimum atomic E-state index is -0.941. The number of piperidine rings is 1. The zero-order valence-electron chi connectivity index (χ0n) is 20.0. The Labute approximate surface area is 205 Å². The van der Waals surface area contributed by atoms with Crippen LogP contribution in [0.15, 0.2) is 41.2 Å². The lowest BCUT2D eigenvalue weighted by Crippen LogP contribution is -2.78. The van der Waals surface area contributed by atoms with Crippen molar-refractivity contribution in [1.82, 2.24) is 9.80 Å². The summed E-state index contributed by atoms with van der Waals surface area (Å²) >= 11 is 0. The molecule has 2 aromatic rings. The number of carbonyl (C=O) groups excluding carboxylic acids is 1. The van der Waals surface area contributed by atoms with E-state index in [9.17, 15) is 15.0 Å². The van der Waals surface area contributed by atoms with Crippen LogP contribution in [-0.4, -0.2) is 69.8 Å². The maximum atomic E-state index is 13.2.